The van der Waals surface area contributed by atoms with Crippen LogP contribution in [0, 0.1) is 11.8 Å². The highest BCUT2D eigenvalue weighted by atomic mass is 16.2. The Morgan fingerprint density at radius 2 is 1.78 bits per heavy atom. The van der Waals surface area contributed by atoms with Gasteiger partial charge in [-0.05, 0) is 17.9 Å². The van der Waals surface area contributed by atoms with E-state index < -0.39 is 0 Å². The van der Waals surface area contributed by atoms with Crippen LogP contribution in [0.2, 0.25) is 0 Å². The van der Waals surface area contributed by atoms with Crippen LogP contribution in [0.3, 0.4) is 0 Å². The molecule has 5 nitrogen and oxygen atoms in total. The molecule has 1 saturated carbocycles. The average Bonchev–Trinajstić information content (AvgIpc) is 3.31. The van der Waals surface area contributed by atoms with Gasteiger partial charge in [-0.2, -0.15) is 0 Å². The van der Waals surface area contributed by atoms with E-state index in [0.717, 1.165) is 39.1 Å². The van der Waals surface area contributed by atoms with E-state index in [-0.39, 0.29) is 24.3 Å². The highest BCUT2D eigenvalue weighted by Gasteiger charge is 2.39. The van der Waals surface area contributed by atoms with Gasteiger partial charge >= 0.3 is 0 Å². The van der Waals surface area contributed by atoms with E-state index in [4.69, 9.17) is 0 Å². The minimum Gasteiger partial charge on any atom is -0.347 e. The van der Waals surface area contributed by atoms with E-state index in [0.29, 0.717) is 5.92 Å². The van der Waals surface area contributed by atoms with Crippen LogP contribution in [0.5, 0.6) is 0 Å². The number of benzene rings is 1. The minimum atomic E-state index is 0.0333. The van der Waals surface area contributed by atoms with Gasteiger partial charge in [0.1, 0.15) is 0 Å². The van der Waals surface area contributed by atoms with Crippen LogP contribution >= 0.6 is 0 Å². The number of carbonyl (C=O) groups excluding carboxylic acids is 2. The van der Waals surface area contributed by atoms with Gasteiger partial charge in [0.25, 0.3) is 0 Å². The fourth-order valence-corrected chi connectivity index (χ4v) is 3.09. The van der Waals surface area contributed by atoms with Crippen LogP contribution in [0.15, 0.2) is 30.3 Å². The SMILES string of the molecule is C[C@H]1C[C@H]1C(=O)NCC(=O)N1CCN(Cc2ccccc2)CC1. The molecule has 0 spiro atoms. The summed E-state index contributed by atoms with van der Waals surface area (Å²) in [5, 5.41) is 2.78. The van der Waals surface area contributed by atoms with Gasteiger partial charge in [0.15, 0.2) is 0 Å². The Hall–Kier alpha value is -1.88. The number of carbonyl (C=O) groups is 2. The lowest BCUT2D eigenvalue weighted by molar-refractivity contribution is -0.134. The van der Waals surface area contributed by atoms with Crippen LogP contribution in [0.1, 0.15) is 18.9 Å². The van der Waals surface area contributed by atoms with Crippen LogP contribution in [-0.4, -0.2) is 54.3 Å². The van der Waals surface area contributed by atoms with Crippen molar-refractivity contribution in [1.82, 2.24) is 15.1 Å². The van der Waals surface area contributed by atoms with Crippen LogP contribution in [0.25, 0.3) is 0 Å². The van der Waals surface area contributed by atoms with Gasteiger partial charge in [0, 0.05) is 38.6 Å². The molecule has 1 aromatic carbocycles. The molecule has 0 unspecified atom stereocenters. The van der Waals surface area contributed by atoms with Crippen molar-refractivity contribution in [3.05, 3.63) is 35.9 Å². The molecule has 1 aliphatic heterocycles. The summed E-state index contributed by atoms with van der Waals surface area (Å²) < 4.78 is 0. The number of rotatable bonds is 5. The largest absolute Gasteiger partial charge is 0.347 e. The van der Waals surface area contributed by atoms with Gasteiger partial charge in [-0.3, -0.25) is 14.5 Å². The number of piperazine rings is 1. The minimum absolute atomic E-state index is 0.0333. The van der Waals surface area contributed by atoms with Crippen molar-refractivity contribution in [1.29, 1.82) is 0 Å². The van der Waals surface area contributed by atoms with Crippen molar-refractivity contribution in [2.24, 2.45) is 11.8 Å². The van der Waals surface area contributed by atoms with E-state index >= 15 is 0 Å². The van der Waals surface area contributed by atoms with Crippen molar-refractivity contribution in [2.75, 3.05) is 32.7 Å². The molecular formula is C18H25N3O2. The Morgan fingerprint density at radius 3 is 2.39 bits per heavy atom. The summed E-state index contributed by atoms with van der Waals surface area (Å²) in [5.74, 6) is 0.678. The predicted molar refractivity (Wildman–Crippen MR) is 88.6 cm³/mol. The van der Waals surface area contributed by atoms with Gasteiger partial charge in [-0.15, -0.1) is 0 Å². The van der Waals surface area contributed by atoms with E-state index in [9.17, 15) is 9.59 Å². The van der Waals surface area contributed by atoms with E-state index in [1.807, 2.05) is 11.0 Å². The van der Waals surface area contributed by atoms with Crippen LogP contribution in [0.4, 0.5) is 0 Å². The van der Waals surface area contributed by atoms with Gasteiger partial charge in [0.2, 0.25) is 11.8 Å². The first-order valence-corrected chi connectivity index (χ1v) is 8.45. The van der Waals surface area contributed by atoms with Crippen molar-refractivity contribution in [3.8, 4) is 0 Å². The Balaban J connectivity index is 1.38. The average molecular weight is 315 g/mol. The summed E-state index contributed by atoms with van der Waals surface area (Å²) in [5.41, 5.74) is 1.30. The standard InChI is InChI=1S/C18H25N3O2/c1-14-11-16(14)18(23)19-12-17(22)21-9-7-20(8-10-21)13-15-5-3-2-4-6-15/h2-6,14,16H,7-13H2,1H3,(H,19,23)/t14-,16+/m0/s1. The van der Waals surface area contributed by atoms with E-state index in [1.165, 1.54) is 5.56 Å². The summed E-state index contributed by atoms with van der Waals surface area (Å²) in [6.07, 6.45) is 0.957. The Morgan fingerprint density at radius 1 is 1.13 bits per heavy atom. The number of amides is 2. The molecule has 1 aliphatic carbocycles. The van der Waals surface area contributed by atoms with Crippen LogP contribution < -0.4 is 5.32 Å². The van der Waals surface area contributed by atoms with E-state index in [1.54, 1.807) is 0 Å². The first-order chi connectivity index (χ1) is 11.1. The third kappa shape index (κ3) is 4.32. The summed E-state index contributed by atoms with van der Waals surface area (Å²) in [4.78, 5) is 28.2. The summed E-state index contributed by atoms with van der Waals surface area (Å²) in [6.45, 7) is 6.38. The smallest absolute Gasteiger partial charge is 0.242 e. The van der Waals surface area contributed by atoms with Gasteiger partial charge in [-0.1, -0.05) is 37.3 Å². The molecule has 2 atom stereocenters. The summed E-state index contributed by atoms with van der Waals surface area (Å²) >= 11 is 0. The van der Waals surface area contributed by atoms with Gasteiger partial charge in [0.05, 0.1) is 6.54 Å². The van der Waals surface area contributed by atoms with Crippen molar-refractivity contribution < 1.29 is 9.59 Å². The second kappa shape index (κ2) is 7.13. The predicted octanol–water partition coefficient (Wildman–Crippen LogP) is 1.10. The normalized spacial score (nSPS) is 24.3. The zero-order valence-corrected chi connectivity index (χ0v) is 13.7. The molecule has 1 heterocycles. The van der Waals surface area contributed by atoms with Crippen molar-refractivity contribution >= 4 is 11.8 Å². The second-order valence-electron chi connectivity index (χ2n) is 6.68. The van der Waals surface area contributed by atoms with Crippen molar-refractivity contribution in [3.63, 3.8) is 0 Å². The monoisotopic (exact) mass is 315 g/mol. The molecule has 2 amide bonds. The molecule has 0 aromatic heterocycles. The molecule has 0 radical (unpaired) electrons. The first-order valence-electron chi connectivity index (χ1n) is 8.45. The highest BCUT2D eigenvalue weighted by Crippen LogP contribution is 2.37. The maximum atomic E-state index is 12.2. The number of hydrogen-bond acceptors (Lipinski definition) is 3. The lowest BCUT2D eigenvalue weighted by Gasteiger charge is -2.34. The molecule has 2 aliphatic rings. The second-order valence-corrected chi connectivity index (χ2v) is 6.68. The Kier molecular flexibility index (Phi) is 4.96. The zero-order valence-electron chi connectivity index (χ0n) is 13.7. The fraction of sp³-hybridized carbons (Fsp3) is 0.556. The molecule has 1 saturated heterocycles. The maximum Gasteiger partial charge on any atom is 0.242 e. The van der Waals surface area contributed by atoms with Gasteiger partial charge < -0.3 is 10.2 Å². The Bertz CT molecular complexity index is 553. The molecule has 23 heavy (non-hydrogen) atoms. The number of nitrogens with zero attached hydrogens (tertiary/aromatic N) is 2. The third-order valence-corrected chi connectivity index (χ3v) is 4.83. The molecule has 124 valence electrons. The molecule has 2 fully saturated rings. The lowest BCUT2D eigenvalue weighted by atomic mass is 10.2. The third-order valence-electron chi connectivity index (χ3n) is 4.83. The van der Waals surface area contributed by atoms with E-state index in [2.05, 4.69) is 41.4 Å². The fourth-order valence-electron chi connectivity index (χ4n) is 3.09. The molecule has 3 rings (SSSR count). The number of hydrogen-bond donors (Lipinski definition) is 1. The maximum absolute atomic E-state index is 12.2. The first kappa shape index (κ1) is 16.0. The molecule has 0 bridgehead atoms. The topological polar surface area (TPSA) is 52.7 Å². The summed E-state index contributed by atoms with van der Waals surface area (Å²) in [7, 11) is 0. The number of nitrogens with one attached hydrogen (secondary N) is 1. The lowest BCUT2D eigenvalue weighted by Crippen LogP contribution is -2.51. The molecule has 1 N–H and O–H groups in total. The zero-order chi connectivity index (χ0) is 16.2. The molecular weight excluding hydrogens is 290 g/mol. The van der Waals surface area contributed by atoms with Crippen LogP contribution in [-0.2, 0) is 16.1 Å². The highest BCUT2D eigenvalue weighted by molar-refractivity contribution is 5.87. The molecule has 5 heteroatoms. The van der Waals surface area contributed by atoms with Gasteiger partial charge in [-0.25, -0.2) is 0 Å². The molecule has 1 aromatic rings. The Labute approximate surface area is 137 Å². The summed E-state index contributed by atoms with van der Waals surface area (Å²) in [6, 6.07) is 10.4. The quantitative estimate of drug-likeness (QED) is 0.885. The van der Waals surface area contributed by atoms with Crippen molar-refractivity contribution in [2.45, 2.75) is 19.9 Å².